The molecular weight excluding hydrogens is 337 g/mol. The van der Waals surface area contributed by atoms with Gasteiger partial charge in [-0.15, -0.1) is 11.8 Å². The van der Waals surface area contributed by atoms with Crippen LogP contribution < -0.4 is 5.32 Å². The number of halogens is 2. The number of hydrogen-bond acceptors (Lipinski definition) is 3. The van der Waals surface area contributed by atoms with Crippen LogP contribution in [-0.4, -0.2) is 27.5 Å². The fourth-order valence-corrected chi connectivity index (χ4v) is 2.11. The Morgan fingerprint density at radius 3 is 2.63 bits per heavy atom. The van der Waals surface area contributed by atoms with Gasteiger partial charge in [-0.3, -0.25) is 9.59 Å². The molecule has 0 aliphatic heterocycles. The molecule has 0 saturated heterocycles. The summed E-state index contributed by atoms with van der Waals surface area (Å²) in [5.41, 5.74) is 0.0712. The maximum Gasteiger partial charge on any atom is 0.319 e. The Kier molecular flexibility index (Phi) is 5.37. The van der Waals surface area contributed by atoms with Crippen LogP contribution in [0, 0.1) is 5.82 Å². The lowest BCUT2D eigenvalue weighted by Gasteiger charge is -2.17. The van der Waals surface area contributed by atoms with Gasteiger partial charge in [0.2, 0.25) is 5.91 Å². The average Bonchev–Trinajstić information content (AvgIpc) is 2.30. The van der Waals surface area contributed by atoms with Crippen molar-refractivity contribution in [2.45, 2.75) is 18.6 Å². The fourth-order valence-electron chi connectivity index (χ4n) is 1.08. The zero-order valence-corrected chi connectivity index (χ0v) is 12.8. The Labute approximate surface area is 122 Å². The maximum absolute atomic E-state index is 13.5. The second-order valence-electron chi connectivity index (χ2n) is 4.28. The highest BCUT2D eigenvalue weighted by atomic mass is 79.9. The zero-order valence-electron chi connectivity index (χ0n) is 10.4. The number of anilines is 1. The van der Waals surface area contributed by atoms with Crippen molar-refractivity contribution in [3.8, 4) is 0 Å². The SMILES string of the molecule is CC(C)(SCC(=O)Nc1ccc(Br)cc1F)C(=O)O. The van der Waals surface area contributed by atoms with E-state index >= 15 is 0 Å². The second-order valence-corrected chi connectivity index (χ2v) is 6.79. The molecule has 0 unspecified atom stereocenters. The van der Waals surface area contributed by atoms with Crippen LogP contribution in [0.4, 0.5) is 10.1 Å². The van der Waals surface area contributed by atoms with E-state index in [1.165, 1.54) is 26.0 Å². The van der Waals surface area contributed by atoms with Gasteiger partial charge in [0.05, 0.1) is 11.4 Å². The lowest BCUT2D eigenvalue weighted by molar-refractivity contribution is -0.138. The molecule has 0 aromatic heterocycles. The Hall–Kier alpha value is -1.08. The molecule has 4 nitrogen and oxygen atoms in total. The van der Waals surface area contributed by atoms with Gasteiger partial charge in [0.25, 0.3) is 0 Å². The topological polar surface area (TPSA) is 66.4 Å². The van der Waals surface area contributed by atoms with Crippen LogP contribution >= 0.6 is 27.7 Å². The minimum Gasteiger partial charge on any atom is -0.480 e. The molecule has 19 heavy (non-hydrogen) atoms. The van der Waals surface area contributed by atoms with E-state index in [4.69, 9.17) is 5.11 Å². The summed E-state index contributed by atoms with van der Waals surface area (Å²) >= 11 is 4.09. The molecule has 7 heteroatoms. The molecule has 1 aromatic carbocycles. The molecule has 0 saturated carbocycles. The molecule has 104 valence electrons. The molecule has 0 bridgehead atoms. The van der Waals surface area contributed by atoms with Crippen molar-refractivity contribution in [1.82, 2.24) is 0 Å². The van der Waals surface area contributed by atoms with Gasteiger partial charge in [-0.25, -0.2) is 4.39 Å². The molecule has 0 aliphatic rings. The molecule has 0 heterocycles. The number of thioether (sulfide) groups is 1. The largest absolute Gasteiger partial charge is 0.480 e. The number of hydrogen-bond donors (Lipinski definition) is 2. The average molecular weight is 350 g/mol. The summed E-state index contributed by atoms with van der Waals surface area (Å²) in [5.74, 6) is -2.06. The molecular formula is C12H13BrFNO3S. The van der Waals surface area contributed by atoms with Crippen molar-refractivity contribution in [3.63, 3.8) is 0 Å². The number of amides is 1. The van der Waals surface area contributed by atoms with Crippen LogP contribution in [0.5, 0.6) is 0 Å². The molecule has 1 rings (SSSR count). The number of carbonyl (C=O) groups is 2. The summed E-state index contributed by atoms with van der Waals surface area (Å²) in [6, 6.07) is 4.28. The zero-order chi connectivity index (χ0) is 14.6. The molecule has 1 amide bonds. The van der Waals surface area contributed by atoms with Gasteiger partial charge in [0, 0.05) is 4.47 Å². The predicted molar refractivity (Wildman–Crippen MR) is 76.9 cm³/mol. The van der Waals surface area contributed by atoms with Gasteiger partial charge >= 0.3 is 5.97 Å². The fraction of sp³-hybridized carbons (Fsp3) is 0.333. The van der Waals surface area contributed by atoms with Gasteiger partial charge in [-0.05, 0) is 32.0 Å². The Bertz CT molecular complexity index is 508. The molecule has 0 aliphatic carbocycles. The van der Waals surface area contributed by atoms with E-state index in [1.807, 2.05) is 0 Å². The van der Waals surface area contributed by atoms with Crippen LogP contribution in [0.1, 0.15) is 13.8 Å². The van der Waals surface area contributed by atoms with Crippen molar-refractivity contribution in [2.75, 3.05) is 11.1 Å². The first-order chi connectivity index (χ1) is 8.72. The summed E-state index contributed by atoms with van der Waals surface area (Å²) in [6.45, 7) is 3.01. The highest BCUT2D eigenvalue weighted by molar-refractivity contribution is 9.10. The van der Waals surface area contributed by atoms with E-state index in [2.05, 4.69) is 21.2 Å². The van der Waals surface area contributed by atoms with Crippen LogP contribution in [0.2, 0.25) is 0 Å². The smallest absolute Gasteiger partial charge is 0.319 e. The highest BCUT2D eigenvalue weighted by Crippen LogP contribution is 2.25. The normalized spacial score (nSPS) is 11.2. The maximum atomic E-state index is 13.5. The summed E-state index contributed by atoms with van der Waals surface area (Å²) in [6.07, 6.45) is 0. The van der Waals surface area contributed by atoms with Crippen LogP contribution in [0.3, 0.4) is 0 Å². The van der Waals surface area contributed by atoms with E-state index in [0.717, 1.165) is 11.8 Å². The number of carboxylic acid groups (broad SMARTS) is 1. The van der Waals surface area contributed by atoms with Crippen molar-refractivity contribution < 1.29 is 19.1 Å². The van der Waals surface area contributed by atoms with Crippen LogP contribution in [-0.2, 0) is 9.59 Å². The van der Waals surface area contributed by atoms with Crippen LogP contribution in [0.25, 0.3) is 0 Å². The van der Waals surface area contributed by atoms with Crippen LogP contribution in [0.15, 0.2) is 22.7 Å². The lowest BCUT2D eigenvalue weighted by atomic mass is 10.2. The van der Waals surface area contributed by atoms with Gasteiger partial charge in [-0.2, -0.15) is 0 Å². The molecule has 0 spiro atoms. The van der Waals surface area contributed by atoms with Crippen molar-refractivity contribution in [2.24, 2.45) is 0 Å². The summed E-state index contributed by atoms with van der Waals surface area (Å²) < 4.78 is 13.0. The number of carbonyl (C=O) groups excluding carboxylic acids is 1. The first-order valence-corrected chi connectivity index (χ1v) is 7.12. The molecule has 0 fully saturated rings. The van der Waals surface area contributed by atoms with Crippen molar-refractivity contribution in [3.05, 3.63) is 28.5 Å². The summed E-state index contributed by atoms with van der Waals surface area (Å²) in [5, 5.41) is 11.3. The third kappa shape index (κ3) is 4.83. The van der Waals surface area contributed by atoms with Crippen molar-refractivity contribution >= 4 is 45.3 Å². The lowest BCUT2D eigenvalue weighted by Crippen LogP contribution is -2.29. The van der Waals surface area contributed by atoms with Gasteiger partial charge in [0.1, 0.15) is 10.6 Å². The molecule has 0 atom stereocenters. The first kappa shape index (κ1) is 16.0. The number of aliphatic carboxylic acids is 1. The highest BCUT2D eigenvalue weighted by Gasteiger charge is 2.28. The summed E-state index contributed by atoms with van der Waals surface area (Å²) in [4.78, 5) is 22.5. The third-order valence-electron chi connectivity index (χ3n) is 2.28. The van der Waals surface area contributed by atoms with E-state index in [9.17, 15) is 14.0 Å². The molecule has 0 radical (unpaired) electrons. The minimum atomic E-state index is -1.06. The Morgan fingerprint density at radius 1 is 1.47 bits per heavy atom. The first-order valence-electron chi connectivity index (χ1n) is 5.34. The standard InChI is InChI=1S/C12H13BrFNO3S/c1-12(2,11(17)18)19-6-10(16)15-9-4-3-7(13)5-8(9)14/h3-5H,6H2,1-2H3,(H,15,16)(H,17,18). The second kappa shape index (κ2) is 6.38. The predicted octanol–water partition coefficient (Wildman–Crippen LogP) is 3.12. The van der Waals surface area contributed by atoms with Gasteiger partial charge in [0.15, 0.2) is 0 Å². The van der Waals surface area contributed by atoms with E-state index in [0.29, 0.717) is 4.47 Å². The van der Waals surface area contributed by atoms with Gasteiger partial charge < -0.3 is 10.4 Å². The number of rotatable bonds is 5. The quantitative estimate of drug-likeness (QED) is 0.856. The number of nitrogens with one attached hydrogen (secondary N) is 1. The number of benzene rings is 1. The Balaban J connectivity index is 2.59. The number of carboxylic acids is 1. The third-order valence-corrected chi connectivity index (χ3v) is 4.08. The monoisotopic (exact) mass is 349 g/mol. The Morgan fingerprint density at radius 2 is 2.11 bits per heavy atom. The van der Waals surface area contributed by atoms with E-state index in [-0.39, 0.29) is 11.4 Å². The van der Waals surface area contributed by atoms with Gasteiger partial charge in [-0.1, -0.05) is 15.9 Å². The molecule has 1 aromatic rings. The minimum absolute atomic E-state index is 0.0607. The summed E-state index contributed by atoms with van der Waals surface area (Å²) in [7, 11) is 0. The molecule has 2 N–H and O–H groups in total. The van der Waals surface area contributed by atoms with E-state index < -0.39 is 22.4 Å². The van der Waals surface area contributed by atoms with Crippen molar-refractivity contribution in [1.29, 1.82) is 0 Å². The van der Waals surface area contributed by atoms with E-state index in [1.54, 1.807) is 6.07 Å².